The van der Waals surface area contributed by atoms with Gasteiger partial charge in [0, 0.05) is 6.20 Å². The van der Waals surface area contributed by atoms with E-state index in [0.717, 1.165) is 5.56 Å². The molecular formula is C12H15N7O2. The smallest absolute Gasteiger partial charge is 0.320 e. The van der Waals surface area contributed by atoms with Gasteiger partial charge in [-0.05, 0) is 31.4 Å². The highest BCUT2D eigenvalue weighted by atomic mass is 16.4. The summed E-state index contributed by atoms with van der Waals surface area (Å²) >= 11 is 0. The Labute approximate surface area is 120 Å². The molecule has 0 aliphatic rings. The zero-order valence-electron chi connectivity index (χ0n) is 11.4. The van der Waals surface area contributed by atoms with Crippen molar-refractivity contribution >= 4 is 17.7 Å². The zero-order chi connectivity index (χ0) is 15.2. The van der Waals surface area contributed by atoms with E-state index < -0.39 is 12.0 Å². The zero-order valence-corrected chi connectivity index (χ0v) is 11.4. The molecule has 0 aromatic carbocycles. The van der Waals surface area contributed by atoms with E-state index in [0.29, 0.717) is 24.5 Å². The van der Waals surface area contributed by atoms with Crippen molar-refractivity contribution < 1.29 is 9.90 Å². The Morgan fingerprint density at radius 2 is 2.05 bits per heavy atom. The molecule has 0 fully saturated rings. The molecule has 0 bridgehead atoms. The molecular weight excluding hydrogens is 274 g/mol. The quantitative estimate of drug-likeness (QED) is 0.673. The average Bonchev–Trinajstić information content (AvgIpc) is 2.48. The highest BCUT2D eigenvalue weighted by molar-refractivity contribution is 5.73. The summed E-state index contributed by atoms with van der Waals surface area (Å²) in [6, 6.07) is 2.71. The second-order valence-corrected chi connectivity index (χ2v) is 4.43. The molecule has 9 heteroatoms. The molecule has 0 unspecified atom stereocenters. The number of anilines is 2. The lowest BCUT2D eigenvalue weighted by Crippen LogP contribution is -2.30. The normalized spacial score (nSPS) is 11.9. The number of rotatable bonds is 6. The third-order valence-corrected chi connectivity index (χ3v) is 2.70. The van der Waals surface area contributed by atoms with E-state index in [1.165, 1.54) is 0 Å². The number of carbonyl (C=O) groups is 1. The second kappa shape index (κ2) is 6.66. The van der Waals surface area contributed by atoms with E-state index >= 15 is 0 Å². The number of nitrogens with zero attached hydrogens (tertiary/aromatic N) is 5. The van der Waals surface area contributed by atoms with E-state index in [1.807, 2.05) is 6.07 Å². The number of aromatic nitrogens is 5. The maximum absolute atomic E-state index is 10.6. The van der Waals surface area contributed by atoms with E-state index in [-0.39, 0.29) is 5.95 Å². The Balaban J connectivity index is 1.92. The minimum atomic E-state index is -1.00. The molecule has 21 heavy (non-hydrogen) atoms. The lowest BCUT2D eigenvalue weighted by molar-refractivity contribution is -0.138. The van der Waals surface area contributed by atoms with Gasteiger partial charge < -0.3 is 16.2 Å². The molecule has 0 spiro atoms. The van der Waals surface area contributed by atoms with Crippen LogP contribution in [0.2, 0.25) is 0 Å². The average molecular weight is 289 g/mol. The van der Waals surface area contributed by atoms with Gasteiger partial charge in [-0.15, -0.1) is 20.4 Å². The molecule has 0 aliphatic heterocycles. The van der Waals surface area contributed by atoms with Crippen LogP contribution in [0.15, 0.2) is 18.3 Å². The summed E-state index contributed by atoms with van der Waals surface area (Å²) in [5, 5.41) is 26.8. The van der Waals surface area contributed by atoms with Gasteiger partial charge in [0.25, 0.3) is 5.95 Å². The van der Waals surface area contributed by atoms with Gasteiger partial charge in [0.1, 0.15) is 11.9 Å². The molecule has 0 aliphatic carbocycles. The fraction of sp³-hybridized carbons (Fsp3) is 0.333. The molecule has 1 atom stereocenters. The Bertz CT molecular complexity index is 600. The van der Waals surface area contributed by atoms with Crippen LogP contribution in [0.4, 0.5) is 11.8 Å². The number of aryl methyl sites for hydroxylation is 2. The number of nitrogens with one attached hydrogen (secondary N) is 1. The number of hydrogen-bond donors (Lipinski definition) is 3. The molecule has 110 valence electrons. The van der Waals surface area contributed by atoms with Crippen molar-refractivity contribution in [3.8, 4) is 0 Å². The van der Waals surface area contributed by atoms with Gasteiger partial charge in [-0.25, -0.2) is 4.98 Å². The number of aliphatic carboxylic acids is 1. The van der Waals surface area contributed by atoms with E-state index in [9.17, 15) is 4.79 Å². The van der Waals surface area contributed by atoms with Crippen LogP contribution < -0.4 is 11.1 Å². The number of carboxylic acids is 1. The summed E-state index contributed by atoms with van der Waals surface area (Å²) in [7, 11) is 0. The van der Waals surface area contributed by atoms with Crippen molar-refractivity contribution in [3.63, 3.8) is 0 Å². The van der Waals surface area contributed by atoms with Crippen LogP contribution in [-0.4, -0.2) is 42.5 Å². The molecule has 9 nitrogen and oxygen atoms in total. The Morgan fingerprint density at radius 3 is 2.62 bits per heavy atom. The van der Waals surface area contributed by atoms with Crippen molar-refractivity contribution in [3.05, 3.63) is 29.7 Å². The predicted molar refractivity (Wildman–Crippen MR) is 73.8 cm³/mol. The summed E-state index contributed by atoms with van der Waals surface area (Å²) in [5.74, 6) is 0.291. The van der Waals surface area contributed by atoms with Gasteiger partial charge in [0.15, 0.2) is 5.82 Å². The predicted octanol–water partition coefficient (Wildman–Crippen LogP) is 0.0581. The van der Waals surface area contributed by atoms with Crippen LogP contribution in [0, 0.1) is 6.92 Å². The molecule has 0 radical (unpaired) electrons. The molecule has 2 rings (SSSR count). The van der Waals surface area contributed by atoms with E-state index in [1.54, 1.807) is 19.2 Å². The standard InChI is InChI=1S/C12H15N7O2/c1-7-16-18-12(19-17-7)15-10-5-3-8(6-14-10)2-4-9(13)11(20)21/h3,5-6,9H,2,4,13H2,1H3,(H,20,21)(H,14,15,18,19)/t9-/m0/s1. The Hall–Kier alpha value is -2.68. The van der Waals surface area contributed by atoms with Gasteiger partial charge in [0.05, 0.1) is 0 Å². The summed E-state index contributed by atoms with van der Waals surface area (Å²) in [4.78, 5) is 14.8. The van der Waals surface area contributed by atoms with Gasteiger partial charge in [-0.3, -0.25) is 4.79 Å². The molecule has 2 heterocycles. The molecule has 2 aromatic heterocycles. The van der Waals surface area contributed by atoms with Crippen molar-refractivity contribution in [1.29, 1.82) is 0 Å². The van der Waals surface area contributed by atoms with Gasteiger partial charge in [0.2, 0.25) is 0 Å². The SMILES string of the molecule is Cc1nnc(Nc2ccc(CC[C@H](N)C(=O)O)cn2)nn1. The first-order chi connectivity index (χ1) is 10.0. The third kappa shape index (κ3) is 4.42. The second-order valence-electron chi connectivity index (χ2n) is 4.43. The van der Waals surface area contributed by atoms with E-state index in [2.05, 4.69) is 30.7 Å². The van der Waals surface area contributed by atoms with Crippen molar-refractivity contribution in [2.45, 2.75) is 25.8 Å². The van der Waals surface area contributed by atoms with Crippen LogP contribution in [0.25, 0.3) is 0 Å². The number of pyridine rings is 1. The Morgan fingerprint density at radius 1 is 1.33 bits per heavy atom. The minimum absolute atomic E-state index is 0.258. The monoisotopic (exact) mass is 289 g/mol. The number of carboxylic acid groups (broad SMARTS) is 1. The van der Waals surface area contributed by atoms with Gasteiger partial charge in [-0.1, -0.05) is 6.07 Å². The van der Waals surface area contributed by atoms with Gasteiger partial charge >= 0.3 is 5.97 Å². The summed E-state index contributed by atoms with van der Waals surface area (Å²) < 4.78 is 0. The van der Waals surface area contributed by atoms with Crippen LogP contribution in [0.3, 0.4) is 0 Å². The van der Waals surface area contributed by atoms with Crippen molar-refractivity contribution in [2.24, 2.45) is 5.73 Å². The highest BCUT2D eigenvalue weighted by Gasteiger charge is 2.11. The third-order valence-electron chi connectivity index (χ3n) is 2.70. The maximum Gasteiger partial charge on any atom is 0.320 e. The fourth-order valence-corrected chi connectivity index (χ4v) is 1.54. The first kappa shape index (κ1) is 14.7. The highest BCUT2D eigenvalue weighted by Crippen LogP contribution is 2.10. The largest absolute Gasteiger partial charge is 0.480 e. The molecule has 0 amide bonds. The number of nitrogens with two attached hydrogens (primary N) is 1. The molecule has 0 saturated carbocycles. The lowest BCUT2D eigenvalue weighted by Gasteiger charge is -2.07. The van der Waals surface area contributed by atoms with Crippen molar-refractivity contribution in [1.82, 2.24) is 25.4 Å². The van der Waals surface area contributed by atoms with E-state index in [4.69, 9.17) is 10.8 Å². The number of hydrogen-bond acceptors (Lipinski definition) is 8. The fourth-order valence-electron chi connectivity index (χ4n) is 1.54. The summed E-state index contributed by atoms with van der Waals surface area (Å²) in [6.07, 6.45) is 2.55. The minimum Gasteiger partial charge on any atom is -0.480 e. The first-order valence-electron chi connectivity index (χ1n) is 6.29. The Kier molecular flexibility index (Phi) is 4.67. The summed E-state index contributed by atoms with van der Waals surface area (Å²) in [5.41, 5.74) is 6.35. The molecule has 0 saturated heterocycles. The summed E-state index contributed by atoms with van der Waals surface area (Å²) in [6.45, 7) is 1.69. The molecule has 2 aromatic rings. The first-order valence-corrected chi connectivity index (χ1v) is 6.29. The van der Waals surface area contributed by atoms with Gasteiger partial charge in [-0.2, -0.15) is 0 Å². The van der Waals surface area contributed by atoms with Crippen LogP contribution in [0.1, 0.15) is 17.8 Å². The molecule has 4 N–H and O–H groups in total. The van der Waals surface area contributed by atoms with Crippen LogP contribution >= 0.6 is 0 Å². The van der Waals surface area contributed by atoms with Crippen LogP contribution in [-0.2, 0) is 11.2 Å². The lowest BCUT2D eigenvalue weighted by atomic mass is 10.1. The van der Waals surface area contributed by atoms with Crippen LogP contribution in [0.5, 0.6) is 0 Å². The topological polar surface area (TPSA) is 140 Å². The maximum atomic E-state index is 10.6. The van der Waals surface area contributed by atoms with Crippen molar-refractivity contribution in [2.75, 3.05) is 5.32 Å².